The maximum atomic E-state index is 2.61. The van der Waals surface area contributed by atoms with Crippen LogP contribution >= 0.6 is 0 Å². The normalized spacial score (nSPS) is 17.7. The molecule has 0 aromatic rings. The van der Waals surface area contributed by atoms with E-state index in [0.29, 0.717) is 6.17 Å². The predicted octanol–water partition coefficient (Wildman–Crippen LogP) is 6.14. The Hall–Kier alpha value is -0.660. The zero-order chi connectivity index (χ0) is 16.0. The molecule has 130 valence electrons. The highest BCUT2D eigenvalue weighted by Crippen LogP contribution is 2.22. The summed E-state index contributed by atoms with van der Waals surface area (Å²) < 4.78 is 0. The van der Waals surface area contributed by atoms with E-state index >= 15 is 0 Å². The molecule has 0 aromatic carbocycles. The Morgan fingerprint density at radius 1 is 0.591 bits per heavy atom. The molecule has 1 atom stereocenters. The minimum atomic E-state index is 0.645. The van der Waals surface area contributed by atoms with E-state index in [9.17, 15) is 0 Å². The molecule has 2 nitrogen and oxygen atoms in total. The molecule has 0 aromatic heterocycles. The fourth-order valence-electron chi connectivity index (χ4n) is 3.32. The van der Waals surface area contributed by atoms with Crippen LogP contribution in [-0.2, 0) is 0 Å². The largest absolute Gasteiger partial charge is 0.356 e. The van der Waals surface area contributed by atoms with Gasteiger partial charge in [-0.25, -0.2) is 0 Å². The van der Waals surface area contributed by atoms with Gasteiger partial charge in [-0.05, 0) is 25.7 Å². The molecule has 0 N–H and O–H groups in total. The molecule has 0 fully saturated rings. The summed E-state index contributed by atoms with van der Waals surface area (Å²) in [6, 6.07) is 0. The van der Waals surface area contributed by atoms with Gasteiger partial charge in [-0.2, -0.15) is 0 Å². The van der Waals surface area contributed by atoms with Crippen molar-refractivity contribution in [1.29, 1.82) is 0 Å². The summed E-state index contributed by atoms with van der Waals surface area (Å²) in [4.78, 5) is 5.19. The lowest BCUT2D eigenvalue weighted by atomic mass is 10.1. The molecule has 1 aliphatic rings. The molecule has 0 aliphatic carbocycles. The third-order valence-corrected chi connectivity index (χ3v) is 4.82. The standard InChI is InChI=1S/C20H40N2/c1-4-7-10-11-12-13-14-17-22-19-18-21(16-9-6-3)20(22)15-8-5-2/h18-20H,4-17H2,1-3H3. The van der Waals surface area contributed by atoms with Crippen molar-refractivity contribution in [3.8, 4) is 0 Å². The maximum Gasteiger partial charge on any atom is 0.101 e. The zero-order valence-electron chi connectivity index (χ0n) is 15.5. The summed E-state index contributed by atoms with van der Waals surface area (Å²) in [7, 11) is 0. The average molecular weight is 309 g/mol. The van der Waals surface area contributed by atoms with Crippen molar-refractivity contribution < 1.29 is 0 Å². The first-order valence-electron chi connectivity index (χ1n) is 10.0. The summed E-state index contributed by atoms with van der Waals surface area (Å²) in [6.45, 7) is 9.37. The van der Waals surface area contributed by atoms with Gasteiger partial charge in [0, 0.05) is 25.5 Å². The summed E-state index contributed by atoms with van der Waals surface area (Å²) >= 11 is 0. The van der Waals surface area contributed by atoms with Crippen molar-refractivity contribution in [2.75, 3.05) is 13.1 Å². The van der Waals surface area contributed by atoms with E-state index in [-0.39, 0.29) is 0 Å². The van der Waals surface area contributed by atoms with Crippen LogP contribution in [0, 0.1) is 0 Å². The van der Waals surface area contributed by atoms with Gasteiger partial charge in [0.1, 0.15) is 6.17 Å². The Morgan fingerprint density at radius 2 is 1.09 bits per heavy atom. The quantitative estimate of drug-likeness (QED) is 0.355. The summed E-state index contributed by atoms with van der Waals surface area (Å²) in [5.74, 6) is 0. The van der Waals surface area contributed by atoms with Gasteiger partial charge in [-0.15, -0.1) is 0 Å². The SMILES string of the molecule is CCCCCCCCCN1C=CN(CCCC)C1CCCC. The molecule has 2 heteroatoms. The van der Waals surface area contributed by atoms with Crippen molar-refractivity contribution in [2.45, 2.75) is 104 Å². The molecule has 0 saturated carbocycles. The van der Waals surface area contributed by atoms with E-state index in [2.05, 4.69) is 43.0 Å². The van der Waals surface area contributed by atoms with Crippen molar-refractivity contribution in [3.63, 3.8) is 0 Å². The third-order valence-electron chi connectivity index (χ3n) is 4.82. The predicted molar refractivity (Wildman–Crippen MR) is 98.8 cm³/mol. The summed E-state index contributed by atoms with van der Waals surface area (Å²) in [6.07, 6.45) is 21.8. The lowest BCUT2D eigenvalue weighted by molar-refractivity contribution is 0.137. The summed E-state index contributed by atoms with van der Waals surface area (Å²) in [5.41, 5.74) is 0. The topological polar surface area (TPSA) is 6.48 Å². The molecule has 1 heterocycles. The molecule has 22 heavy (non-hydrogen) atoms. The zero-order valence-corrected chi connectivity index (χ0v) is 15.5. The van der Waals surface area contributed by atoms with E-state index in [4.69, 9.17) is 0 Å². The van der Waals surface area contributed by atoms with Crippen LogP contribution in [0.5, 0.6) is 0 Å². The van der Waals surface area contributed by atoms with Crippen LogP contribution in [0.3, 0.4) is 0 Å². The first-order chi connectivity index (χ1) is 10.8. The number of nitrogens with zero attached hydrogens (tertiary/aromatic N) is 2. The first kappa shape index (κ1) is 19.4. The van der Waals surface area contributed by atoms with Crippen LogP contribution in [0.4, 0.5) is 0 Å². The highest BCUT2D eigenvalue weighted by atomic mass is 15.4. The molecule has 0 amide bonds. The summed E-state index contributed by atoms with van der Waals surface area (Å²) in [5, 5.41) is 0. The van der Waals surface area contributed by atoms with E-state index in [1.54, 1.807) is 0 Å². The van der Waals surface area contributed by atoms with Gasteiger partial charge in [0.2, 0.25) is 0 Å². The minimum Gasteiger partial charge on any atom is -0.356 e. The second kappa shape index (κ2) is 12.8. The second-order valence-electron chi connectivity index (χ2n) is 6.87. The molecular weight excluding hydrogens is 268 g/mol. The first-order valence-corrected chi connectivity index (χ1v) is 10.0. The molecule has 0 radical (unpaired) electrons. The average Bonchev–Trinajstić information content (AvgIpc) is 2.92. The Bertz CT molecular complexity index is 275. The minimum absolute atomic E-state index is 0.645. The van der Waals surface area contributed by atoms with Gasteiger partial charge in [0.25, 0.3) is 0 Å². The molecular formula is C20H40N2. The van der Waals surface area contributed by atoms with Gasteiger partial charge in [0.15, 0.2) is 0 Å². The lowest BCUT2D eigenvalue weighted by Gasteiger charge is -2.33. The van der Waals surface area contributed by atoms with Crippen LogP contribution < -0.4 is 0 Å². The van der Waals surface area contributed by atoms with Gasteiger partial charge < -0.3 is 9.80 Å². The molecule has 1 unspecified atom stereocenters. The highest BCUT2D eigenvalue weighted by Gasteiger charge is 2.24. The molecule has 0 saturated heterocycles. The lowest BCUT2D eigenvalue weighted by Crippen LogP contribution is -2.39. The van der Waals surface area contributed by atoms with Gasteiger partial charge in [-0.1, -0.05) is 72.1 Å². The van der Waals surface area contributed by atoms with Gasteiger partial charge in [0.05, 0.1) is 0 Å². The Morgan fingerprint density at radius 3 is 1.68 bits per heavy atom. The Kier molecular flexibility index (Phi) is 11.3. The monoisotopic (exact) mass is 308 g/mol. The fraction of sp³-hybridized carbons (Fsp3) is 0.900. The van der Waals surface area contributed by atoms with Crippen molar-refractivity contribution in [2.24, 2.45) is 0 Å². The molecule has 1 aliphatic heterocycles. The van der Waals surface area contributed by atoms with Crippen molar-refractivity contribution >= 4 is 0 Å². The molecule has 0 spiro atoms. The third kappa shape index (κ3) is 7.56. The Balaban J connectivity index is 2.23. The molecule has 1 rings (SSSR count). The second-order valence-corrected chi connectivity index (χ2v) is 6.87. The number of hydrogen-bond donors (Lipinski definition) is 0. The fourth-order valence-corrected chi connectivity index (χ4v) is 3.32. The smallest absolute Gasteiger partial charge is 0.101 e. The highest BCUT2D eigenvalue weighted by molar-refractivity contribution is 4.96. The van der Waals surface area contributed by atoms with Crippen LogP contribution in [-0.4, -0.2) is 29.1 Å². The maximum absolute atomic E-state index is 2.61. The van der Waals surface area contributed by atoms with E-state index in [0.717, 1.165) is 0 Å². The van der Waals surface area contributed by atoms with Crippen LogP contribution in [0.15, 0.2) is 12.4 Å². The Labute approximate surface area is 139 Å². The van der Waals surface area contributed by atoms with Crippen molar-refractivity contribution in [1.82, 2.24) is 9.80 Å². The van der Waals surface area contributed by atoms with Crippen LogP contribution in [0.25, 0.3) is 0 Å². The van der Waals surface area contributed by atoms with E-state index in [1.165, 1.54) is 90.1 Å². The number of unbranched alkanes of at least 4 members (excludes halogenated alkanes) is 8. The van der Waals surface area contributed by atoms with Crippen molar-refractivity contribution in [3.05, 3.63) is 12.4 Å². The number of rotatable bonds is 14. The van der Waals surface area contributed by atoms with Gasteiger partial charge in [-0.3, -0.25) is 0 Å². The van der Waals surface area contributed by atoms with E-state index < -0.39 is 0 Å². The molecule has 0 bridgehead atoms. The van der Waals surface area contributed by atoms with E-state index in [1.807, 2.05) is 0 Å². The number of hydrogen-bond acceptors (Lipinski definition) is 2. The van der Waals surface area contributed by atoms with Gasteiger partial charge >= 0.3 is 0 Å². The van der Waals surface area contributed by atoms with Crippen LogP contribution in [0.2, 0.25) is 0 Å². The van der Waals surface area contributed by atoms with Crippen LogP contribution in [0.1, 0.15) is 97.8 Å².